The van der Waals surface area contributed by atoms with Gasteiger partial charge < -0.3 is 5.11 Å². The molecule has 0 atom stereocenters. The zero-order valence-corrected chi connectivity index (χ0v) is 13.6. The molecule has 0 radical (unpaired) electrons. The van der Waals surface area contributed by atoms with Gasteiger partial charge in [0.15, 0.2) is 0 Å². The highest BCUT2D eigenvalue weighted by molar-refractivity contribution is 7.89. The Morgan fingerprint density at radius 1 is 1.45 bits per heavy atom. The second kappa shape index (κ2) is 8.42. The third-order valence-electron chi connectivity index (χ3n) is 2.74. The number of sulfonamides is 1. The first-order chi connectivity index (χ1) is 9.49. The van der Waals surface area contributed by atoms with Crippen molar-refractivity contribution in [1.29, 1.82) is 0 Å². The van der Waals surface area contributed by atoms with Crippen molar-refractivity contribution < 1.29 is 13.5 Å². The van der Waals surface area contributed by atoms with E-state index in [0.717, 1.165) is 16.9 Å². The van der Waals surface area contributed by atoms with Crippen LogP contribution >= 0.6 is 11.3 Å². The molecule has 0 aromatic carbocycles. The molecule has 0 saturated carbocycles. The molecule has 20 heavy (non-hydrogen) atoms. The summed E-state index contributed by atoms with van der Waals surface area (Å²) >= 11 is 1.49. The van der Waals surface area contributed by atoms with Crippen molar-refractivity contribution in [3.05, 3.63) is 21.9 Å². The van der Waals surface area contributed by atoms with Gasteiger partial charge in [-0.05, 0) is 23.4 Å². The lowest BCUT2D eigenvalue weighted by atomic mass is 10.3. The molecule has 6 heteroatoms. The van der Waals surface area contributed by atoms with E-state index in [-0.39, 0.29) is 12.4 Å². The smallest absolute Gasteiger partial charge is 0.214 e. The lowest BCUT2D eigenvalue weighted by Gasteiger charge is -2.16. The van der Waals surface area contributed by atoms with Crippen LogP contribution in [0.15, 0.2) is 11.4 Å². The molecule has 0 spiro atoms. The van der Waals surface area contributed by atoms with E-state index in [4.69, 9.17) is 5.11 Å². The maximum absolute atomic E-state index is 12.0. The van der Waals surface area contributed by atoms with E-state index in [0.29, 0.717) is 19.4 Å². The van der Waals surface area contributed by atoms with E-state index in [1.54, 1.807) is 7.05 Å². The molecule has 0 aliphatic heterocycles. The van der Waals surface area contributed by atoms with Crippen LogP contribution < -0.4 is 0 Å². The lowest BCUT2D eigenvalue weighted by molar-refractivity contribution is 0.305. The average molecular weight is 315 g/mol. The van der Waals surface area contributed by atoms with E-state index in [1.165, 1.54) is 15.6 Å². The van der Waals surface area contributed by atoms with Crippen LogP contribution in [-0.4, -0.2) is 37.2 Å². The Hall–Kier alpha value is -0.870. The molecule has 4 nitrogen and oxygen atoms in total. The van der Waals surface area contributed by atoms with Gasteiger partial charge in [0.05, 0.1) is 17.2 Å². The molecule has 1 N–H and O–H groups in total. The third-order valence-corrected chi connectivity index (χ3v) is 5.52. The Morgan fingerprint density at radius 2 is 2.20 bits per heavy atom. The van der Waals surface area contributed by atoms with Crippen LogP contribution in [0.2, 0.25) is 0 Å². The van der Waals surface area contributed by atoms with E-state index < -0.39 is 10.0 Å². The molecule has 0 fully saturated rings. The van der Waals surface area contributed by atoms with Crippen LogP contribution in [0.25, 0.3) is 0 Å². The Kier molecular flexibility index (Phi) is 7.24. The largest absolute Gasteiger partial charge is 0.395 e. The predicted molar refractivity (Wildman–Crippen MR) is 83.1 cm³/mol. The Bertz CT molecular complexity index is 567. The number of unbranched alkanes of at least 4 members (excludes halogenated alkanes) is 1. The summed E-state index contributed by atoms with van der Waals surface area (Å²) in [5.74, 6) is 6.01. The van der Waals surface area contributed by atoms with Gasteiger partial charge in [-0.3, -0.25) is 0 Å². The molecule has 0 amide bonds. The molecular weight excluding hydrogens is 294 g/mol. The van der Waals surface area contributed by atoms with Crippen molar-refractivity contribution in [2.75, 3.05) is 19.4 Å². The molecule has 1 heterocycles. The van der Waals surface area contributed by atoms with Gasteiger partial charge in [0.1, 0.15) is 0 Å². The molecule has 0 unspecified atom stereocenters. The van der Waals surface area contributed by atoms with Gasteiger partial charge >= 0.3 is 0 Å². The number of hydrogen-bond acceptors (Lipinski definition) is 4. The van der Waals surface area contributed by atoms with Gasteiger partial charge in [-0.2, -0.15) is 0 Å². The number of aliphatic hydroxyl groups excluding tert-OH is 1. The van der Waals surface area contributed by atoms with E-state index in [2.05, 4.69) is 11.8 Å². The van der Waals surface area contributed by atoms with E-state index in [1.807, 2.05) is 18.4 Å². The highest BCUT2D eigenvalue weighted by Crippen LogP contribution is 2.16. The number of rotatable bonds is 7. The average Bonchev–Trinajstić information content (AvgIpc) is 2.84. The second-order valence-electron chi connectivity index (χ2n) is 4.52. The lowest BCUT2D eigenvalue weighted by Crippen LogP contribution is -2.28. The summed E-state index contributed by atoms with van der Waals surface area (Å²) in [7, 11) is -1.55. The fraction of sp³-hybridized carbons (Fsp3) is 0.571. The maximum atomic E-state index is 12.0. The van der Waals surface area contributed by atoms with Crippen LogP contribution in [0.5, 0.6) is 0 Å². The van der Waals surface area contributed by atoms with Crippen LogP contribution in [0, 0.1) is 11.8 Å². The minimum Gasteiger partial charge on any atom is -0.395 e. The monoisotopic (exact) mass is 315 g/mol. The summed E-state index contributed by atoms with van der Waals surface area (Å²) in [6, 6.07) is 1.90. The molecule has 1 rings (SSSR count). The van der Waals surface area contributed by atoms with E-state index in [9.17, 15) is 8.42 Å². The first kappa shape index (κ1) is 17.2. The Labute approximate surface area is 125 Å². The molecule has 0 saturated heterocycles. The molecule has 0 aliphatic carbocycles. The highest BCUT2D eigenvalue weighted by Gasteiger charge is 2.17. The minimum atomic E-state index is -3.16. The number of aliphatic hydroxyl groups is 1. The zero-order valence-electron chi connectivity index (χ0n) is 11.9. The van der Waals surface area contributed by atoms with Crippen molar-refractivity contribution in [1.82, 2.24) is 4.31 Å². The summed E-state index contributed by atoms with van der Waals surface area (Å²) in [6.45, 7) is 2.42. The topological polar surface area (TPSA) is 57.6 Å². The van der Waals surface area contributed by atoms with Crippen molar-refractivity contribution in [3.63, 3.8) is 0 Å². The summed E-state index contributed by atoms with van der Waals surface area (Å²) in [4.78, 5) is 0.896. The molecule has 112 valence electrons. The quantitative estimate of drug-likeness (QED) is 0.784. The first-order valence-corrected chi connectivity index (χ1v) is 9.09. The maximum Gasteiger partial charge on any atom is 0.214 e. The molecule has 1 aromatic rings. The van der Waals surface area contributed by atoms with Crippen molar-refractivity contribution in [2.45, 2.75) is 32.7 Å². The Morgan fingerprint density at radius 3 is 2.85 bits per heavy atom. The van der Waals surface area contributed by atoms with Gasteiger partial charge in [-0.1, -0.05) is 25.2 Å². The van der Waals surface area contributed by atoms with Crippen LogP contribution in [-0.2, 0) is 16.6 Å². The normalized spacial score (nSPS) is 11.4. The fourth-order valence-electron chi connectivity index (χ4n) is 1.57. The standard InChI is InChI=1S/C14H21NO3S2/c1-3-4-9-20(17,18)15(2)11-13-10-14(19-12-13)7-5-6-8-16/h10,12,16H,3-4,6,8-9,11H2,1-2H3. The fourth-order valence-corrected chi connectivity index (χ4v) is 3.65. The van der Waals surface area contributed by atoms with Gasteiger partial charge in [-0.25, -0.2) is 12.7 Å². The summed E-state index contributed by atoms with van der Waals surface area (Å²) in [5, 5.41) is 10.6. The third kappa shape index (κ3) is 5.63. The minimum absolute atomic E-state index is 0.0592. The molecular formula is C14H21NO3S2. The van der Waals surface area contributed by atoms with E-state index >= 15 is 0 Å². The van der Waals surface area contributed by atoms with Gasteiger partial charge in [0, 0.05) is 20.0 Å². The summed E-state index contributed by atoms with van der Waals surface area (Å²) < 4.78 is 25.4. The number of thiophene rings is 1. The molecule has 0 aliphatic rings. The highest BCUT2D eigenvalue weighted by atomic mass is 32.2. The van der Waals surface area contributed by atoms with Gasteiger partial charge in [0.25, 0.3) is 0 Å². The SMILES string of the molecule is CCCCS(=O)(=O)N(C)Cc1csc(C#CCCO)c1. The van der Waals surface area contributed by atoms with Crippen LogP contribution in [0.4, 0.5) is 0 Å². The van der Waals surface area contributed by atoms with Crippen molar-refractivity contribution in [2.24, 2.45) is 0 Å². The van der Waals surface area contributed by atoms with Gasteiger partial charge in [0.2, 0.25) is 10.0 Å². The second-order valence-corrected chi connectivity index (χ2v) is 7.63. The van der Waals surface area contributed by atoms with Crippen molar-refractivity contribution in [3.8, 4) is 11.8 Å². The number of hydrogen-bond donors (Lipinski definition) is 1. The molecule has 0 bridgehead atoms. The predicted octanol–water partition coefficient (Wildman–Crippen LogP) is 2.04. The number of nitrogens with zero attached hydrogens (tertiary/aromatic N) is 1. The van der Waals surface area contributed by atoms with Gasteiger partial charge in [-0.15, -0.1) is 11.3 Å². The zero-order chi connectivity index (χ0) is 15.0. The summed E-state index contributed by atoms with van der Waals surface area (Å²) in [6.07, 6.45) is 2.02. The first-order valence-electron chi connectivity index (χ1n) is 6.60. The van der Waals surface area contributed by atoms with Crippen LogP contribution in [0.1, 0.15) is 36.6 Å². The Balaban J connectivity index is 2.63. The molecule has 1 aromatic heterocycles. The summed E-state index contributed by atoms with van der Waals surface area (Å²) in [5.41, 5.74) is 0.950. The van der Waals surface area contributed by atoms with Crippen molar-refractivity contribution >= 4 is 21.4 Å². The van der Waals surface area contributed by atoms with Crippen LogP contribution in [0.3, 0.4) is 0 Å².